The van der Waals surface area contributed by atoms with E-state index in [-0.39, 0.29) is 5.97 Å². The van der Waals surface area contributed by atoms with Crippen LogP contribution in [0.3, 0.4) is 0 Å². The molecule has 0 bridgehead atoms. The van der Waals surface area contributed by atoms with Crippen molar-refractivity contribution in [1.82, 2.24) is 0 Å². The first-order chi connectivity index (χ1) is 6.31. The molecular formula is C10H19NdO2. The zero-order valence-corrected chi connectivity index (χ0v) is 11.7. The van der Waals surface area contributed by atoms with Gasteiger partial charge in [-0.1, -0.05) is 0 Å². The van der Waals surface area contributed by atoms with E-state index in [1.54, 1.807) is 0 Å². The standard InChI is InChI=1S/C10H20O2.Nd/c1-2-3-4-5-6-7-8-9-10(11)12;/h2-9H2,1H3,(H,11,12);/q;+1/p-1. The summed E-state index contributed by atoms with van der Waals surface area (Å²) in [5.41, 5.74) is 0. The van der Waals surface area contributed by atoms with Gasteiger partial charge in [-0.05, 0) is 0 Å². The van der Waals surface area contributed by atoms with Crippen LogP contribution in [0.25, 0.3) is 0 Å². The normalized spacial score (nSPS) is 9.85. The van der Waals surface area contributed by atoms with E-state index in [0.29, 0.717) is 45.8 Å². The van der Waals surface area contributed by atoms with E-state index < -0.39 is 0 Å². The van der Waals surface area contributed by atoms with Crippen molar-refractivity contribution in [3.63, 3.8) is 0 Å². The Balaban J connectivity index is 2.95. The molecule has 0 aromatic heterocycles. The molecule has 13 heavy (non-hydrogen) atoms. The van der Waals surface area contributed by atoms with Crippen molar-refractivity contribution in [3.05, 3.63) is 0 Å². The first-order valence-electron chi connectivity index (χ1n) is 5.17. The predicted octanol–water partition coefficient (Wildman–Crippen LogP) is 3.13. The average Bonchev–Trinajstić information content (AvgIpc) is 2.16. The van der Waals surface area contributed by atoms with Crippen LogP contribution in [-0.2, 0) is 5.86 Å². The third kappa shape index (κ3) is 10.7. The fourth-order valence-corrected chi connectivity index (χ4v) is 1.60. The van der Waals surface area contributed by atoms with Crippen molar-refractivity contribution in [2.45, 2.75) is 58.3 Å². The summed E-state index contributed by atoms with van der Waals surface area (Å²) in [4.78, 5) is 10.8. The van der Waals surface area contributed by atoms with Gasteiger partial charge in [-0.25, -0.2) is 0 Å². The maximum absolute atomic E-state index is 10.8. The summed E-state index contributed by atoms with van der Waals surface area (Å²) in [6.07, 6.45) is 9.40. The van der Waals surface area contributed by atoms with Gasteiger partial charge >= 0.3 is 109 Å². The predicted molar refractivity (Wildman–Crippen MR) is 48.7 cm³/mol. The minimum atomic E-state index is -0.0137. The topological polar surface area (TPSA) is 26.3 Å². The molecule has 0 aliphatic rings. The third-order valence-corrected chi connectivity index (χ3v) is 2.83. The van der Waals surface area contributed by atoms with E-state index in [9.17, 15) is 4.79 Å². The summed E-state index contributed by atoms with van der Waals surface area (Å²) in [7, 11) is 0. The summed E-state index contributed by atoms with van der Waals surface area (Å²) in [6, 6.07) is 0. The zero-order chi connectivity index (χ0) is 9.94. The Morgan fingerprint density at radius 3 is 2.15 bits per heavy atom. The summed E-state index contributed by atoms with van der Waals surface area (Å²) < 4.78 is 4.70. The Bertz CT molecular complexity index is 126. The van der Waals surface area contributed by atoms with Gasteiger partial charge in [-0.2, -0.15) is 0 Å². The molecule has 0 aromatic rings. The van der Waals surface area contributed by atoms with E-state index >= 15 is 0 Å². The molecule has 0 aromatic carbocycles. The summed E-state index contributed by atoms with van der Waals surface area (Å²) in [5.74, 6) is -0.0137. The van der Waals surface area contributed by atoms with Gasteiger partial charge in [0, 0.05) is 0 Å². The van der Waals surface area contributed by atoms with E-state index in [4.69, 9.17) is 1.06 Å². The molecule has 2 nitrogen and oxygen atoms in total. The molecule has 75 valence electrons. The van der Waals surface area contributed by atoms with Crippen LogP contribution >= 0.6 is 0 Å². The Hall–Kier alpha value is 0.821. The second kappa shape index (κ2) is 10.9. The monoisotopic (exact) mass is 313 g/mol. The van der Waals surface area contributed by atoms with Crippen LogP contribution in [0.1, 0.15) is 58.3 Å². The molecule has 0 amide bonds. The number of carbonyl (C=O) groups is 1. The van der Waals surface area contributed by atoms with Crippen LogP contribution in [-0.4, -0.2) is 5.97 Å². The molecule has 0 saturated heterocycles. The molecule has 0 atom stereocenters. The molecule has 0 aliphatic carbocycles. The molecule has 0 heterocycles. The third-order valence-electron chi connectivity index (χ3n) is 2.10. The SMILES string of the molecule is CCCCCCCCCC(=O)[O][Nd]. The summed E-state index contributed by atoms with van der Waals surface area (Å²) in [5, 5.41) is 0. The maximum atomic E-state index is 10.8. The van der Waals surface area contributed by atoms with Crippen molar-refractivity contribution < 1.29 is 45.2 Å². The van der Waals surface area contributed by atoms with Crippen molar-refractivity contribution >= 4 is 5.97 Å². The first-order valence-corrected chi connectivity index (χ1v) is 6.48. The molecule has 0 N–H and O–H groups in total. The van der Waals surface area contributed by atoms with E-state index in [2.05, 4.69) is 6.92 Å². The van der Waals surface area contributed by atoms with E-state index in [1.807, 2.05) is 0 Å². The Morgan fingerprint density at radius 2 is 1.62 bits per heavy atom. The molecule has 0 saturated carbocycles. The minimum absolute atomic E-state index is 0.0137. The number of hydrogen-bond donors (Lipinski definition) is 0. The Morgan fingerprint density at radius 1 is 1.08 bits per heavy atom. The van der Waals surface area contributed by atoms with Gasteiger partial charge < -0.3 is 0 Å². The van der Waals surface area contributed by atoms with Gasteiger partial charge in [0.05, 0.1) is 0 Å². The van der Waals surface area contributed by atoms with Crippen molar-refractivity contribution in [3.8, 4) is 0 Å². The Kier molecular flexibility index (Phi) is 11.6. The van der Waals surface area contributed by atoms with Crippen molar-refractivity contribution in [2.24, 2.45) is 0 Å². The quantitative estimate of drug-likeness (QED) is 0.643. The molecule has 0 unspecified atom stereocenters. The number of hydrogen-bond acceptors (Lipinski definition) is 2. The molecule has 3 heteroatoms. The van der Waals surface area contributed by atoms with Crippen LogP contribution < -0.4 is 0 Å². The fourth-order valence-electron chi connectivity index (χ4n) is 1.28. The average molecular weight is 316 g/mol. The van der Waals surface area contributed by atoms with Crippen LogP contribution in [0, 0.1) is 39.4 Å². The number of rotatable bonds is 8. The second-order valence-electron chi connectivity index (χ2n) is 3.35. The Labute approximate surface area is 108 Å². The molecule has 0 radical (unpaired) electrons. The van der Waals surface area contributed by atoms with Crippen LogP contribution in [0.15, 0.2) is 0 Å². The van der Waals surface area contributed by atoms with Crippen molar-refractivity contribution in [1.29, 1.82) is 0 Å². The van der Waals surface area contributed by atoms with Crippen LogP contribution in [0.2, 0.25) is 0 Å². The van der Waals surface area contributed by atoms with Crippen LogP contribution in [0.5, 0.6) is 0 Å². The molecule has 0 rings (SSSR count). The van der Waals surface area contributed by atoms with Gasteiger partial charge in [0.2, 0.25) is 0 Å². The van der Waals surface area contributed by atoms with Gasteiger partial charge in [0.1, 0.15) is 0 Å². The summed E-state index contributed by atoms with van der Waals surface area (Å²) in [6.45, 7) is 2.22. The number of unbranched alkanes of at least 4 members (excludes halogenated alkanes) is 6. The first kappa shape index (κ1) is 13.8. The van der Waals surface area contributed by atoms with Gasteiger partial charge in [0.25, 0.3) is 0 Å². The van der Waals surface area contributed by atoms with E-state index in [0.717, 1.165) is 6.42 Å². The van der Waals surface area contributed by atoms with Gasteiger partial charge in [0.15, 0.2) is 0 Å². The second-order valence-corrected chi connectivity index (χ2v) is 4.00. The molecule has 0 spiro atoms. The molecule has 0 aliphatic heterocycles. The zero-order valence-electron chi connectivity index (χ0n) is 8.47. The molecular weight excluding hydrogens is 296 g/mol. The summed E-state index contributed by atoms with van der Waals surface area (Å²) >= 11 is 0.544. The number of carbonyl (C=O) groups excluding carboxylic acids is 1. The van der Waals surface area contributed by atoms with Gasteiger partial charge in [-0.3, -0.25) is 0 Å². The van der Waals surface area contributed by atoms with Gasteiger partial charge in [-0.15, -0.1) is 0 Å². The fraction of sp³-hybridized carbons (Fsp3) is 0.900. The van der Waals surface area contributed by atoms with Crippen LogP contribution in [0.4, 0.5) is 0 Å². The van der Waals surface area contributed by atoms with Crippen molar-refractivity contribution in [2.75, 3.05) is 0 Å². The molecule has 0 fully saturated rings. The van der Waals surface area contributed by atoms with E-state index in [1.165, 1.54) is 38.5 Å².